The van der Waals surface area contributed by atoms with E-state index in [9.17, 15) is 4.79 Å². The Hall–Kier alpha value is -2.08. The average Bonchev–Trinajstić information content (AvgIpc) is 2.92. The molecule has 0 fully saturated rings. The van der Waals surface area contributed by atoms with E-state index < -0.39 is 0 Å². The fraction of sp³-hybridized carbons (Fsp3) is 0.167. The van der Waals surface area contributed by atoms with Gasteiger partial charge in [-0.15, -0.1) is 11.3 Å². The van der Waals surface area contributed by atoms with Crippen molar-refractivity contribution in [2.45, 2.75) is 0 Å². The first-order valence-corrected chi connectivity index (χ1v) is 6.10. The van der Waals surface area contributed by atoms with Crippen molar-refractivity contribution in [2.75, 3.05) is 19.5 Å². The van der Waals surface area contributed by atoms with E-state index in [-0.39, 0.29) is 5.91 Å². The molecule has 0 spiro atoms. The van der Waals surface area contributed by atoms with Gasteiger partial charge in [-0.3, -0.25) is 4.79 Å². The first-order valence-electron chi connectivity index (χ1n) is 5.16. The number of benzene rings is 1. The zero-order chi connectivity index (χ0) is 13.0. The average molecular weight is 264 g/mol. The zero-order valence-corrected chi connectivity index (χ0v) is 10.8. The Bertz CT molecular complexity index is 540. The number of carbonyl (C=O) groups excluding carboxylic acids is 1. The molecule has 18 heavy (non-hydrogen) atoms. The molecule has 0 atom stereocenters. The van der Waals surface area contributed by atoms with Crippen LogP contribution in [0.3, 0.4) is 0 Å². The maximum atomic E-state index is 11.8. The van der Waals surface area contributed by atoms with Crippen LogP contribution in [0.5, 0.6) is 11.5 Å². The molecule has 2 rings (SSSR count). The van der Waals surface area contributed by atoms with Crippen LogP contribution < -0.4 is 14.8 Å². The maximum absolute atomic E-state index is 11.8. The predicted octanol–water partition coefficient (Wildman–Crippen LogP) is 2.41. The van der Waals surface area contributed by atoms with Gasteiger partial charge in [0.05, 0.1) is 19.7 Å². The lowest BCUT2D eigenvalue weighted by atomic mass is 10.2. The molecule has 0 bridgehead atoms. The SMILES string of the molecule is COc1ccc(NC(=O)c2cscn2)cc1OC. The number of nitrogens with zero attached hydrogens (tertiary/aromatic N) is 1. The largest absolute Gasteiger partial charge is 0.493 e. The van der Waals surface area contributed by atoms with Gasteiger partial charge < -0.3 is 14.8 Å². The molecule has 0 aliphatic rings. The van der Waals surface area contributed by atoms with Gasteiger partial charge in [0.1, 0.15) is 5.69 Å². The van der Waals surface area contributed by atoms with Gasteiger partial charge in [0.15, 0.2) is 11.5 Å². The summed E-state index contributed by atoms with van der Waals surface area (Å²) in [4.78, 5) is 15.7. The minimum atomic E-state index is -0.247. The van der Waals surface area contributed by atoms with Crippen LogP contribution in [0, 0.1) is 0 Å². The fourth-order valence-electron chi connectivity index (χ4n) is 1.43. The number of hydrogen-bond acceptors (Lipinski definition) is 5. The van der Waals surface area contributed by atoms with Crippen molar-refractivity contribution in [2.24, 2.45) is 0 Å². The molecule has 0 aliphatic heterocycles. The molecule has 0 radical (unpaired) electrons. The second kappa shape index (κ2) is 5.50. The summed E-state index contributed by atoms with van der Waals surface area (Å²) >= 11 is 1.38. The van der Waals surface area contributed by atoms with Crippen LogP contribution in [0.1, 0.15) is 10.5 Å². The fourth-order valence-corrected chi connectivity index (χ4v) is 1.97. The van der Waals surface area contributed by atoms with Gasteiger partial charge in [-0.05, 0) is 12.1 Å². The number of amides is 1. The van der Waals surface area contributed by atoms with Gasteiger partial charge >= 0.3 is 0 Å². The molecular weight excluding hydrogens is 252 g/mol. The molecule has 6 heteroatoms. The minimum absolute atomic E-state index is 0.247. The number of rotatable bonds is 4. The van der Waals surface area contributed by atoms with Crippen molar-refractivity contribution >= 4 is 22.9 Å². The van der Waals surface area contributed by atoms with E-state index in [4.69, 9.17) is 9.47 Å². The summed E-state index contributed by atoms with van der Waals surface area (Å²) in [5, 5.41) is 4.43. The summed E-state index contributed by atoms with van der Waals surface area (Å²) in [6.45, 7) is 0. The van der Waals surface area contributed by atoms with Crippen LogP contribution >= 0.6 is 11.3 Å². The lowest BCUT2D eigenvalue weighted by Gasteiger charge is -2.09. The van der Waals surface area contributed by atoms with Crippen molar-refractivity contribution in [3.8, 4) is 11.5 Å². The Balaban J connectivity index is 2.17. The van der Waals surface area contributed by atoms with Gasteiger partial charge in [-0.25, -0.2) is 4.98 Å². The van der Waals surface area contributed by atoms with Crippen LogP contribution in [0.2, 0.25) is 0 Å². The van der Waals surface area contributed by atoms with Crippen molar-refractivity contribution in [1.29, 1.82) is 0 Å². The third-order valence-corrected chi connectivity index (χ3v) is 2.89. The van der Waals surface area contributed by atoms with Gasteiger partial charge in [0.2, 0.25) is 0 Å². The molecular formula is C12H12N2O3S. The number of carbonyl (C=O) groups is 1. The lowest BCUT2D eigenvalue weighted by Crippen LogP contribution is -2.12. The highest BCUT2D eigenvalue weighted by Crippen LogP contribution is 2.29. The van der Waals surface area contributed by atoms with E-state index in [1.54, 1.807) is 43.3 Å². The van der Waals surface area contributed by atoms with E-state index in [2.05, 4.69) is 10.3 Å². The van der Waals surface area contributed by atoms with Gasteiger partial charge in [-0.2, -0.15) is 0 Å². The Morgan fingerprint density at radius 1 is 1.28 bits per heavy atom. The van der Waals surface area contributed by atoms with Crippen LogP contribution in [-0.2, 0) is 0 Å². The molecule has 1 heterocycles. The van der Waals surface area contributed by atoms with Gasteiger partial charge in [0.25, 0.3) is 5.91 Å². The summed E-state index contributed by atoms with van der Waals surface area (Å²) in [5.74, 6) is 0.932. The normalized spacial score (nSPS) is 9.89. The van der Waals surface area contributed by atoms with Gasteiger partial charge in [-0.1, -0.05) is 0 Å². The van der Waals surface area contributed by atoms with Gasteiger partial charge in [0, 0.05) is 17.1 Å². The number of methoxy groups -OCH3 is 2. The van der Waals surface area contributed by atoms with Crippen molar-refractivity contribution in [3.63, 3.8) is 0 Å². The Morgan fingerprint density at radius 3 is 2.67 bits per heavy atom. The molecule has 1 N–H and O–H groups in total. The number of thiazole rings is 1. The van der Waals surface area contributed by atoms with Crippen molar-refractivity contribution in [3.05, 3.63) is 34.8 Å². The van der Waals surface area contributed by atoms with E-state index in [1.165, 1.54) is 11.3 Å². The molecule has 1 amide bonds. The quantitative estimate of drug-likeness (QED) is 0.921. The molecule has 0 saturated heterocycles. The topological polar surface area (TPSA) is 60.5 Å². The Kier molecular flexibility index (Phi) is 3.78. The number of hydrogen-bond donors (Lipinski definition) is 1. The number of ether oxygens (including phenoxy) is 2. The molecule has 0 saturated carbocycles. The molecule has 1 aromatic heterocycles. The number of nitrogens with one attached hydrogen (secondary N) is 1. The lowest BCUT2D eigenvalue weighted by molar-refractivity contribution is 0.102. The van der Waals surface area contributed by atoms with E-state index in [0.29, 0.717) is 22.9 Å². The summed E-state index contributed by atoms with van der Waals surface area (Å²) < 4.78 is 10.3. The van der Waals surface area contributed by atoms with E-state index >= 15 is 0 Å². The second-order valence-electron chi connectivity index (χ2n) is 3.40. The zero-order valence-electron chi connectivity index (χ0n) is 9.97. The first-order chi connectivity index (χ1) is 8.74. The molecule has 94 valence electrons. The monoisotopic (exact) mass is 264 g/mol. The predicted molar refractivity (Wildman–Crippen MR) is 69.6 cm³/mol. The molecule has 1 aromatic carbocycles. The maximum Gasteiger partial charge on any atom is 0.275 e. The summed E-state index contributed by atoms with van der Waals surface area (Å²) in [5.41, 5.74) is 2.64. The van der Waals surface area contributed by atoms with Crippen LogP contribution in [0.15, 0.2) is 29.1 Å². The second-order valence-corrected chi connectivity index (χ2v) is 4.12. The third-order valence-electron chi connectivity index (χ3n) is 2.31. The Morgan fingerprint density at radius 2 is 2.06 bits per heavy atom. The number of aromatic nitrogens is 1. The summed E-state index contributed by atoms with van der Waals surface area (Å²) in [6.07, 6.45) is 0. The molecule has 2 aromatic rings. The van der Waals surface area contributed by atoms with Crippen molar-refractivity contribution < 1.29 is 14.3 Å². The summed E-state index contributed by atoms with van der Waals surface area (Å²) in [6, 6.07) is 5.17. The minimum Gasteiger partial charge on any atom is -0.493 e. The van der Waals surface area contributed by atoms with E-state index in [0.717, 1.165) is 0 Å². The van der Waals surface area contributed by atoms with Crippen LogP contribution in [0.4, 0.5) is 5.69 Å². The molecule has 0 aliphatic carbocycles. The third kappa shape index (κ3) is 2.60. The van der Waals surface area contributed by atoms with E-state index in [1.807, 2.05) is 0 Å². The Labute approximate surface area is 108 Å². The standard InChI is InChI=1S/C12H12N2O3S/c1-16-10-4-3-8(5-11(10)17-2)14-12(15)9-6-18-7-13-9/h3-7H,1-2H3,(H,14,15). The summed E-state index contributed by atoms with van der Waals surface area (Å²) in [7, 11) is 3.11. The highest BCUT2D eigenvalue weighted by atomic mass is 32.1. The molecule has 0 unspecified atom stereocenters. The van der Waals surface area contributed by atoms with Crippen molar-refractivity contribution in [1.82, 2.24) is 4.98 Å². The number of anilines is 1. The highest BCUT2D eigenvalue weighted by molar-refractivity contribution is 7.07. The van der Waals surface area contributed by atoms with Crippen LogP contribution in [-0.4, -0.2) is 25.1 Å². The smallest absolute Gasteiger partial charge is 0.275 e. The highest BCUT2D eigenvalue weighted by Gasteiger charge is 2.10. The van der Waals surface area contributed by atoms with Crippen LogP contribution in [0.25, 0.3) is 0 Å². The first kappa shape index (κ1) is 12.4. The molecule has 5 nitrogen and oxygen atoms in total.